The summed E-state index contributed by atoms with van der Waals surface area (Å²) in [5.74, 6) is 0.806. The smallest absolute Gasteiger partial charge is 0.189 e. The third-order valence-corrected chi connectivity index (χ3v) is 4.49. The summed E-state index contributed by atoms with van der Waals surface area (Å²) in [6.45, 7) is 10.3. The van der Waals surface area contributed by atoms with E-state index in [0.717, 1.165) is 24.0 Å². The fraction of sp³-hybridized carbons (Fsp3) is 0.533. The maximum atomic E-state index is 5.53. The first-order valence-electron chi connectivity index (χ1n) is 6.80. The fourth-order valence-electron chi connectivity index (χ4n) is 1.41. The quantitative estimate of drug-likeness (QED) is 0.310. The number of hydrogen-bond acceptors (Lipinski definition) is 4. The summed E-state index contributed by atoms with van der Waals surface area (Å²) in [5, 5.41) is 0.557. The molecule has 112 valence electrons. The first kappa shape index (κ1) is 17.1. The first-order valence-corrected chi connectivity index (χ1v) is 10.9. The van der Waals surface area contributed by atoms with Crippen molar-refractivity contribution in [1.29, 1.82) is 0 Å². The van der Waals surface area contributed by atoms with Crippen molar-refractivity contribution in [2.45, 2.75) is 39.2 Å². The van der Waals surface area contributed by atoms with Gasteiger partial charge in [0, 0.05) is 21.6 Å². The molecule has 1 rings (SSSR count). The molecule has 0 aromatic heterocycles. The molecule has 20 heavy (non-hydrogen) atoms. The molecule has 3 nitrogen and oxygen atoms in total. The number of hydrogen-bond donors (Lipinski definition) is 0. The number of thiocarbonyl (C=S) groups is 1. The van der Waals surface area contributed by atoms with E-state index in [1.165, 1.54) is 0 Å². The molecule has 0 atom stereocenters. The molecule has 1 aromatic carbocycles. The zero-order valence-corrected chi connectivity index (χ0v) is 14.6. The Hall–Kier alpha value is -0.913. The standard InChI is InChI=1S/C15H24O3SSi/c1-13(19)17-11-14-5-7-15(8-6-14)18-12-16-9-10-20(2,3)4/h5-8H,9-12H2,1-4H3. The van der Waals surface area contributed by atoms with E-state index < -0.39 is 8.07 Å². The van der Waals surface area contributed by atoms with Gasteiger partial charge in [-0.2, -0.15) is 0 Å². The van der Waals surface area contributed by atoms with Crippen LogP contribution in [-0.4, -0.2) is 26.5 Å². The van der Waals surface area contributed by atoms with Crippen molar-refractivity contribution in [3.05, 3.63) is 29.8 Å². The first-order chi connectivity index (χ1) is 9.37. The lowest BCUT2D eigenvalue weighted by molar-refractivity contribution is 0.0220. The Labute approximate surface area is 128 Å². The van der Waals surface area contributed by atoms with Crippen LogP contribution >= 0.6 is 12.2 Å². The predicted octanol–water partition coefficient (Wildman–Crippen LogP) is 4.24. The number of benzene rings is 1. The van der Waals surface area contributed by atoms with Crippen LogP contribution in [0.5, 0.6) is 5.75 Å². The predicted molar refractivity (Wildman–Crippen MR) is 89.1 cm³/mol. The molecule has 0 spiro atoms. The van der Waals surface area contributed by atoms with Crippen LogP contribution in [0.2, 0.25) is 25.7 Å². The minimum absolute atomic E-state index is 0.305. The highest BCUT2D eigenvalue weighted by molar-refractivity contribution is 7.80. The zero-order chi connectivity index (χ0) is 15.0. The maximum Gasteiger partial charge on any atom is 0.189 e. The molecular weight excluding hydrogens is 288 g/mol. The van der Waals surface area contributed by atoms with Crippen LogP contribution in [0.15, 0.2) is 24.3 Å². The van der Waals surface area contributed by atoms with Crippen molar-refractivity contribution in [2.24, 2.45) is 0 Å². The van der Waals surface area contributed by atoms with Gasteiger partial charge in [0.05, 0.1) is 0 Å². The van der Waals surface area contributed by atoms with Crippen molar-refractivity contribution >= 4 is 25.3 Å². The third kappa shape index (κ3) is 8.30. The number of ether oxygens (including phenoxy) is 3. The molecule has 0 N–H and O–H groups in total. The SMILES string of the molecule is CC(=S)OCc1ccc(OCOCC[Si](C)(C)C)cc1. The van der Waals surface area contributed by atoms with Crippen molar-refractivity contribution < 1.29 is 14.2 Å². The van der Waals surface area contributed by atoms with Crippen LogP contribution in [0.25, 0.3) is 0 Å². The summed E-state index contributed by atoms with van der Waals surface area (Å²) < 4.78 is 16.3. The van der Waals surface area contributed by atoms with E-state index in [0.29, 0.717) is 18.5 Å². The van der Waals surface area contributed by atoms with Gasteiger partial charge in [-0.15, -0.1) is 0 Å². The minimum atomic E-state index is -1.02. The van der Waals surface area contributed by atoms with Crippen LogP contribution in [0.1, 0.15) is 12.5 Å². The van der Waals surface area contributed by atoms with Crippen molar-refractivity contribution in [3.8, 4) is 5.75 Å². The molecule has 0 aliphatic carbocycles. The molecule has 0 radical (unpaired) electrons. The van der Waals surface area contributed by atoms with Gasteiger partial charge in [-0.3, -0.25) is 0 Å². The summed E-state index contributed by atoms with van der Waals surface area (Å²) in [6.07, 6.45) is 0. The molecule has 0 aliphatic heterocycles. The van der Waals surface area contributed by atoms with Gasteiger partial charge in [0.2, 0.25) is 0 Å². The van der Waals surface area contributed by atoms with Gasteiger partial charge in [0.1, 0.15) is 12.4 Å². The van der Waals surface area contributed by atoms with E-state index in [2.05, 4.69) is 19.6 Å². The Kier molecular flexibility index (Phi) is 7.19. The van der Waals surface area contributed by atoms with E-state index >= 15 is 0 Å². The fourth-order valence-corrected chi connectivity index (χ4v) is 2.23. The topological polar surface area (TPSA) is 27.7 Å². The molecular formula is C15H24O3SSi. The average molecular weight is 313 g/mol. The summed E-state index contributed by atoms with van der Waals surface area (Å²) >= 11 is 4.87. The minimum Gasteiger partial charge on any atom is -0.483 e. The van der Waals surface area contributed by atoms with Crippen LogP contribution in [0.4, 0.5) is 0 Å². The second-order valence-corrected chi connectivity index (χ2v) is 12.1. The lowest BCUT2D eigenvalue weighted by Crippen LogP contribution is -2.22. The summed E-state index contributed by atoms with van der Waals surface area (Å²) in [4.78, 5) is 0. The Balaban J connectivity index is 2.23. The van der Waals surface area contributed by atoms with Gasteiger partial charge >= 0.3 is 0 Å². The van der Waals surface area contributed by atoms with E-state index in [9.17, 15) is 0 Å². The normalized spacial score (nSPS) is 11.2. The van der Waals surface area contributed by atoms with Crippen molar-refractivity contribution in [2.75, 3.05) is 13.4 Å². The van der Waals surface area contributed by atoms with E-state index in [1.54, 1.807) is 6.92 Å². The van der Waals surface area contributed by atoms with Crippen LogP contribution in [-0.2, 0) is 16.1 Å². The monoisotopic (exact) mass is 312 g/mol. The molecule has 0 amide bonds. The molecule has 0 bridgehead atoms. The molecule has 0 saturated carbocycles. The second-order valence-electron chi connectivity index (χ2n) is 5.91. The van der Waals surface area contributed by atoms with Gasteiger partial charge in [-0.05, 0) is 36.0 Å². The summed E-state index contributed by atoms with van der Waals surface area (Å²) in [7, 11) is -1.02. The van der Waals surface area contributed by atoms with Crippen LogP contribution in [0.3, 0.4) is 0 Å². The molecule has 0 aliphatic rings. The van der Waals surface area contributed by atoms with Crippen LogP contribution < -0.4 is 4.74 Å². The van der Waals surface area contributed by atoms with Gasteiger partial charge in [-0.1, -0.05) is 31.8 Å². The molecule has 0 fully saturated rings. The maximum absolute atomic E-state index is 5.53. The Morgan fingerprint density at radius 3 is 2.35 bits per heavy atom. The Bertz CT molecular complexity index is 412. The van der Waals surface area contributed by atoms with Gasteiger partial charge in [0.15, 0.2) is 11.8 Å². The lowest BCUT2D eigenvalue weighted by Gasteiger charge is -2.15. The largest absolute Gasteiger partial charge is 0.483 e. The highest BCUT2D eigenvalue weighted by Gasteiger charge is 2.11. The van der Waals surface area contributed by atoms with Crippen LogP contribution in [0, 0.1) is 0 Å². The van der Waals surface area contributed by atoms with Gasteiger partial charge in [-0.25, -0.2) is 0 Å². The lowest BCUT2D eigenvalue weighted by atomic mass is 10.2. The van der Waals surface area contributed by atoms with Crippen molar-refractivity contribution in [3.63, 3.8) is 0 Å². The van der Waals surface area contributed by atoms with Gasteiger partial charge < -0.3 is 14.2 Å². The Morgan fingerprint density at radius 2 is 1.80 bits per heavy atom. The Morgan fingerprint density at radius 1 is 1.15 bits per heavy atom. The molecule has 1 aromatic rings. The second kappa shape index (κ2) is 8.39. The molecule has 5 heteroatoms. The molecule has 0 unspecified atom stereocenters. The average Bonchev–Trinajstić information content (AvgIpc) is 2.36. The summed E-state index contributed by atoms with van der Waals surface area (Å²) in [6, 6.07) is 8.92. The number of rotatable bonds is 8. The van der Waals surface area contributed by atoms with E-state index in [-0.39, 0.29) is 0 Å². The molecule has 0 heterocycles. The third-order valence-electron chi connectivity index (χ3n) is 2.67. The van der Waals surface area contributed by atoms with Crippen molar-refractivity contribution in [1.82, 2.24) is 0 Å². The van der Waals surface area contributed by atoms with E-state index in [1.807, 2.05) is 24.3 Å². The van der Waals surface area contributed by atoms with Gasteiger partial charge in [0.25, 0.3) is 0 Å². The van der Waals surface area contributed by atoms with E-state index in [4.69, 9.17) is 26.4 Å². The highest BCUT2D eigenvalue weighted by atomic mass is 32.1. The summed E-state index contributed by atoms with van der Waals surface area (Å²) in [5.41, 5.74) is 1.07. The zero-order valence-electron chi connectivity index (χ0n) is 12.8. The molecule has 0 saturated heterocycles. The highest BCUT2D eigenvalue weighted by Crippen LogP contribution is 2.13.